The molecule has 2 atom stereocenters. The molecule has 2 aromatic rings. The second-order valence-electron chi connectivity index (χ2n) is 5.69. The lowest BCUT2D eigenvalue weighted by Crippen LogP contribution is -2.29. The monoisotopic (exact) mass is 368 g/mol. The molecule has 1 saturated heterocycles. The SMILES string of the molecule is CCOc1ccc(S(=O)(=O)N2C[C@H](CO)[C@H](c3ccsc3)C2)cn1. The molecule has 24 heavy (non-hydrogen) atoms. The Morgan fingerprint density at radius 2 is 2.21 bits per heavy atom. The number of aromatic nitrogens is 1. The summed E-state index contributed by atoms with van der Waals surface area (Å²) in [6.45, 7) is 2.97. The first-order valence-corrected chi connectivity index (χ1v) is 10.2. The average molecular weight is 368 g/mol. The van der Waals surface area contributed by atoms with Gasteiger partial charge in [-0.3, -0.25) is 0 Å². The molecule has 0 amide bonds. The molecule has 0 saturated carbocycles. The van der Waals surface area contributed by atoms with Crippen molar-refractivity contribution in [1.82, 2.24) is 9.29 Å². The molecule has 3 rings (SSSR count). The molecule has 1 fully saturated rings. The van der Waals surface area contributed by atoms with Crippen LogP contribution in [0.5, 0.6) is 5.88 Å². The number of ether oxygens (including phenoxy) is 1. The van der Waals surface area contributed by atoms with Crippen LogP contribution in [0.1, 0.15) is 18.4 Å². The Morgan fingerprint density at radius 3 is 2.79 bits per heavy atom. The number of hydrogen-bond acceptors (Lipinski definition) is 6. The number of sulfonamides is 1. The summed E-state index contributed by atoms with van der Waals surface area (Å²) in [6.07, 6.45) is 1.33. The Hall–Kier alpha value is -1.48. The lowest BCUT2D eigenvalue weighted by atomic mass is 9.92. The number of aliphatic hydroxyl groups excluding tert-OH is 1. The van der Waals surface area contributed by atoms with Gasteiger partial charge < -0.3 is 9.84 Å². The maximum absolute atomic E-state index is 12.8. The first-order chi connectivity index (χ1) is 11.6. The van der Waals surface area contributed by atoms with Gasteiger partial charge in [0.05, 0.1) is 12.8 Å². The van der Waals surface area contributed by atoms with E-state index in [1.807, 2.05) is 23.8 Å². The molecule has 1 N–H and O–H groups in total. The third kappa shape index (κ3) is 3.32. The zero-order chi connectivity index (χ0) is 17.2. The Labute approximate surface area is 145 Å². The molecule has 0 spiro atoms. The molecule has 0 radical (unpaired) electrons. The second kappa shape index (κ2) is 7.18. The van der Waals surface area contributed by atoms with E-state index in [0.717, 1.165) is 5.56 Å². The van der Waals surface area contributed by atoms with Gasteiger partial charge in [0.25, 0.3) is 0 Å². The Bertz CT molecular complexity index is 760. The van der Waals surface area contributed by atoms with Gasteiger partial charge in [0.15, 0.2) is 0 Å². The first-order valence-electron chi connectivity index (χ1n) is 7.78. The average Bonchev–Trinajstić information content (AvgIpc) is 3.25. The highest BCUT2D eigenvalue weighted by Gasteiger charge is 2.39. The van der Waals surface area contributed by atoms with E-state index in [1.165, 1.54) is 16.6 Å². The fraction of sp³-hybridized carbons (Fsp3) is 0.438. The van der Waals surface area contributed by atoms with E-state index in [1.54, 1.807) is 17.4 Å². The molecular weight excluding hydrogens is 348 g/mol. The smallest absolute Gasteiger partial charge is 0.244 e. The Balaban J connectivity index is 1.82. The van der Waals surface area contributed by atoms with Gasteiger partial charge in [-0.15, -0.1) is 0 Å². The van der Waals surface area contributed by atoms with Crippen molar-refractivity contribution in [3.05, 3.63) is 40.7 Å². The summed E-state index contributed by atoms with van der Waals surface area (Å²) in [7, 11) is -3.63. The van der Waals surface area contributed by atoms with E-state index in [-0.39, 0.29) is 23.3 Å². The zero-order valence-corrected chi connectivity index (χ0v) is 15.0. The standard InChI is InChI=1S/C16H20N2O4S2/c1-2-22-16-4-3-14(7-17-16)24(20,21)18-8-13(10-19)15(9-18)12-5-6-23-11-12/h3-7,11,13,15,19H,2,8-10H2,1H3/t13-,15+/m1/s1. The summed E-state index contributed by atoms with van der Waals surface area (Å²) >= 11 is 1.58. The van der Waals surface area contributed by atoms with E-state index in [9.17, 15) is 13.5 Å². The number of hydrogen-bond donors (Lipinski definition) is 1. The van der Waals surface area contributed by atoms with Crippen LogP contribution in [0, 0.1) is 5.92 Å². The van der Waals surface area contributed by atoms with Crippen LogP contribution in [0.4, 0.5) is 0 Å². The van der Waals surface area contributed by atoms with Crippen LogP contribution in [-0.2, 0) is 10.0 Å². The summed E-state index contributed by atoms with van der Waals surface area (Å²) in [6, 6.07) is 5.07. The van der Waals surface area contributed by atoms with Crippen molar-refractivity contribution in [2.75, 3.05) is 26.3 Å². The lowest BCUT2D eigenvalue weighted by Gasteiger charge is -2.16. The molecule has 0 unspecified atom stereocenters. The summed E-state index contributed by atoms with van der Waals surface area (Å²) < 4.78 is 32.4. The van der Waals surface area contributed by atoms with Gasteiger partial charge in [-0.1, -0.05) is 0 Å². The molecule has 6 nitrogen and oxygen atoms in total. The quantitative estimate of drug-likeness (QED) is 0.843. The van der Waals surface area contributed by atoms with Gasteiger partial charge >= 0.3 is 0 Å². The molecule has 0 aromatic carbocycles. The summed E-state index contributed by atoms with van der Waals surface area (Å²) in [5.41, 5.74) is 1.08. The largest absolute Gasteiger partial charge is 0.478 e. The molecule has 0 aliphatic carbocycles. The number of aliphatic hydroxyl groups is 1. The van der Waals surface area contributed by atoms with Crippen LogP contribution in [0.25, 0.3) is 0 Å². The van der Waals surface area contributed by atoms with Crippen LogP contribution in [-0.4, -0.2) is 49.1 Å². The lowest BCUT2D eigenvalue weighted by molar-refractivity contribution is 0.223. The van der Waals surface area contributed by atoms with Crippen LogP contribution < -0.4 is 4.74 Å². The highest BCUT2D eigenvalue weighted by molar-refractivity contribution is 7.89. The minimum absolute atomic E-state index is 0.0201. The first kappa shape index (κ1) is 17.3. The van der Waals surface area contributed by atoms with E-state index >= 15 is 0 Å². The fourth-order valence-corrected chi connectivity index (χ4v) is 5.17. The van der Waals surface area contributed by atoms with Crippen LogP contribution in [0.15, 0.2) is 40.1 Å². The maximum Gasteiger partial charge on any atom is 0.244 e. The summed E-state index contributed by atoms with van der Waals surface area (Å²) in [4.78, 5) is 4.19. The van der Waals surface area contributed by atoms with Gasteiger partial charge in [-0.2, -0.15) is 15.6 Å². The van der Waals surface area contributed by atoms with Crippen molar-refractivity contribution in [3.63, 3.8) is 0 Å². The number of rotatable bonds is 6. The molecule has 0 bridgehead atoms. The molecular formula is C16H20N2O4S2. The minimum atomic E-state index is -3.63. The van der Waals surface area contributed by atoms with Crippen LogP contribution in [0.3, 0.4) is 0 Å². The van der Waals surface area contributed by atoms with Crippen LogP contribution >= 0.6 is 11.3 Å². The molecule has 130 valence electrons. The topological polar surface area (TPSA) is 79.7 Å². The fourth-order valence-electron chi connectivity index (χ4n) is 2.98. The molecule has 8 heteroatoms. The predicted octanol–water partition coefficient (Wildman–Crippen LogP) is 1.94. The van der Waals surface area contributed by atoms with Gasteiger partial charge in [0.2, 0.25) is 15.9 Å². The summed E-state index contributed by atoms with van der Waals surface area (Å²) in [5.74, 6) is 0.332. The van der Waals surface area contributed by atoms with Crippen LogP contribution in [0.2, 0.25) is 0 Å². The normalized spacial score (nSPS) is 21.9. The third-order valence-corrected chi connectivity index (χ3v) is 6.77. The van der Waals surface area contributed by atoms with E-state index in [2.05, 4.69) is 4.98 Å². The predicted molar refractivity (Wildman–Crippen MR) is 91.8 cm³/mol. The van der Waals surface area contributed by atoms with Gasteiger partial charge in [0.1, 0.15) is 4.90 Å². The highest BCUT2D eigenvalue weighted by atomic mass is 32.2. The molecule has 2 aromatic heterocycles. The second-order valence-corrected chi connectivity index (χ2v) is 8.41. The van der Waals surface area contributed by atoms with E-state index in [0.29, 0.717) is 25.6 Å². The number of thiophene rings is 1. The molecule has 3 heterocycles. The van der Waals surface area contributed by atoms with E-state index in [4.69, 9.17) is 4.74 Å². The van der Waals surface area contributed by atoms with Crippen molar-refractivity contribution in [3.8, 4) is 5.88 Å². The third-order valence-electron chi connectivity index (χ3n) is 4.25. The minimum Gasteiger partial charge on any atom is -0.478 e. The van der Waals surface area contributed by atoms with Gasteiger partial charge in [-0.25, -0.2) is 13.4 Å². The Kier molecular flexibility index (Phi) is 5.19. The number of pyridine rings is 1. The zero-order valence-electron chi connectivity index (χ0n) is 13.3. The van der Waals surface area contributed by atoms with Crippen molar-refractivity contribution < 1.29 is 18.3 Å². The Morgan fingerprint density at radius 1 is 1.38 bits per heavy atom. The molecule has 1 aliphatic heterocycles. The van der Waals surface area contributed by atoms with Crippen molar-refractivity contribution >= 4 is 21.4 Å². The number of nitrogens with zero attached hydrogens (tertiary/aromatic N) is 2. The van der Waals surface area contributed by atoms with E-state index < -0.39 is 10.0 Å². The van der Waals surface area contributed by atoms with Gasteiger partial charge in [-0.05, 0) is 35.4 Å². The van der Waals surface area contributed by atoms with Crippen molar-refractivity contribution in [2.45, 2.75) is 17.7 Å². The van der Waals surface area contributed by atoms with Crippen molar-refractivity contribution in [2.24, 2.45) is 5.92 Å². The summed E-state index contributed by atoms with van der Waals surface area (Å²) in [5, 5.41) is 13.6. The van der Waals surface area contributed by atoms with Gasteiger partial charge in [0, 0.05) is 37.6 Å². The highest BCUT2D eigenvalue weighted by Crippen LogP contribution is 2.36. The molecule has 1 aliphatic rings. The van der Waals surface area contributed by atoms with Crippen molar-refractivity contribution in [1.29, 1.82) is 0 Å². The maximum atomic E-state index is 12.8.